The van der Waals surface area contributed by atoms with Crippen LogP contribution in [-0.4, -0.2) is 27.3 Å². The fourth-order valence-electron chi connectivity index (χ4n) is 1.38. The molecule has 2 aromatic heterocycles. The molecule has 0 saturated heterocycles. The highest BCUT2D eigenvalue weighted by atomic mass is 16.6. The highest BCUT2D eigenvalue weighted by Gasteiger charge is 2.19. The highest BCUT2D eigenvalue weighted by molar-refractivity contribution is 5.68. The molecule has 20 heavy (non-hydrogen) atoms. The van der Waals surface area contributed by atoms with Gasteiger partial charge in [0, 0.05) is 0 Å². The maximum Gasteiger partial charge on any atom is 0.438 e. The van der Waals surface area contributed by atoms with Gasteiger partial charge in [0.15, 0.2) is 5.76 Å². The van der Waals surface area contributed by atoms with Crippen LogP contribution < -0.4 is 5.76 Å². The summed E-state index contributed by atoms with van der Waals surface area (Å²) in [5, 5.41) is 14.2. The van der Waals surface area contributed by atoms with Crippen molar-refractivity contribution in [2.75, 3.05) is 6.61 Å². The van der Waals surface area contributed by atoms with Gasteiger partial charge in [-0.25, -0.2) is 4.79 Å². The van der Waals surface area contributed by atoms with Crippen molar-refractivity contribution in [1.29, 1.82) is 0 Å². The average molecular weight is 283 g/mol. The lowest BCUT2D eigenvalue weighted by atomic mass is 10.4. The summed E-state index contributed by atoms with van der Waals surface area (Å²) in [4.78, 5) is 32.4. The fourth-order valence-corrected chi connectivity index (χ4v) is 1.38. The molecule has 2 aromatic rings. The first-order valence-electron chi connectivity index (χ1n) is 5.49. The number of furan rings is 1. The van der Waals surface area contributed by atoms with Gasteiger partial charge >= 0.3 is 17.6 Å². The molecule has 10 heteroatoms. The molecule has 0 amide bonds. The third-order valence-corrected chi connectivity index (χ3v) is 2.17. The number of carbonyl (C=O) groups excluding carboxylic acids is 1. The molecule has 0 atom stereocenters. The van der Waals surface area contributed by atoms with E-state index in [2.05, 4.69) is 9.84 Å². The van der Waals surface area contributed by atoms with E-state index in [4.69, 9.17) is 8.83 Å². The summed E-state index contributed by atoms with van der Waals surface area (Å²) in [6.45, 7) is 1.37. The molecule has 0 bridgehead atoms. The van der Waals surface area contributed by atoms with Crippen molar-refractivity contribution in [3.8, 4) is 11.7 Å². The van der Waals surface area contributed by atoms with Crippen LogP contribution in [0.3, 0.4) is 0 Å². The second-order valence-corrected chi connectivity index (χ2v) is 3.53. The summed E-state index contributed by atoms with van der Waals surface area (Å²) in [5.41, 5.74) is 0. The molecule has 0 spiro atoms. The predicted octanol–water partition coefficient (Wildman–Crippen LogP) is 0.568. The molecule has 0 aliphatic heterocycles. The molecular weight excluding hydrogens is 274 g/mol. The van der Waals surface area contributed by atoms with E-state index < -0.39 is 29.1 Å². The number of aromatic nitrogens is 2. The van der Waals surface area contributed by atoms with Crippen molar-refractivity contribution in [2.45, 2.75) is 13.5 Å². The number of nitro groups is 1. The van der Waals surface area contributed by atoms with Gasteiger partial charge in [-0.2, -0.15) is 4.68 Å². The zero-order chi connectivity index (χ0) is 14.7. The maximum atomic E-state index is 11.4. The van der Waals surface area contributed by atoms with E-state index in [0.717, 1.165) is 10.7 Å². The van der Waals surface area contributed by atoms with Gasteiger partial charge in [-0.3, -0.25) is 14.9 Å². The summed E-state index contributed by atoms with van der Waals surface area (Å²) < 4.78 is 15.0. The molecule has 0 aliphatic carbocycles. The first-order valence-corrected chi connectivity index (χ1v) is 5.49. The van der Waals surface area contributed by atoms with Gasteiger partial charge < -0.3 is 13.6 Å². The van der Waals surface area contributed by atoms with Crippen molar-refractivity contribution in [3.63, 3.8) is 0 Å². The van der Waals surface area contributed by atoms with Gasteiger partial charge in [0.25, 0.3) is 5.89 Å². The standard InChI is InChI=1S/C10H9N3O7/c1-2-18-8(14)5-12-10(15)20-9(11-12)6-3-4-7(19-6)13(16)17/h3-4H,2,5H2,1H3. The normalized spacial score (nSPS) is 10.4. The summed E-state index contributed by atoms with van der Waals surface area (Å²) in [6.07, 6.45) is 0. The number of nitrogens with zero attached hydrogens (tertiary/aromatic N) is 3. The highest BCUT2D eigenvalue weighted by Crippen LogP contribution is 2.23. The molecule has 106 valence electrons. The van der Waals surface area contributed by atoms with E-state index in [-0.39, 0.29) is 18.3 Å². The first kappa shape index (κ1) is 13.5. The van der Waals surface area contributed by atoms with Crippen molar-refractivity contribution < 1.29 is 23.3 Å². The smallest absolute Gasteiger partial charge is 0.438 e. The molecule has 2 heterocycles. The number of rotatable bonds is 5. The lowest BCUT2D eigenvalue weighted by Crippen LogP contribution is -2.22. The van der Waals surface area contributed by atoms with E-state index in [0.29, 0.717) is 0 Å². The van der Waals surface area contributed by atoms with Crippen LogP contribution >= 0.6 is 0 Å². The van der Waals surface area contributed by atoms with Crippen LogP contribution in [0, 0.1) is 10.1 Å². The molecule has 10 nitrogen and oxygen atoms in total. The van der Waals surface area contributed by atoms with Gasteiger partial charge in [0.05, 0.1) is 12.7 Å². The predicted molar refractivity (Wildman–Crippen MR) is 61.8 cm³/mol. The quantitative estimate of drug-likeness (QED) is 0.442. The van der Waals surface area contributed by atoms with Crippen LogP contribution in [0.1, 0.15) is 6.92 Å². The third-order valence-electron chi connectivity index (χ3n) is 2.17. The van der Waals surface area contributed by atoms with Gasteiger partial charge in [-0.05, 0) is 13.0 Å². The van der Waals surface area contributed by atoms with E-state index in [1.807, 2.05) is 0 Å². The third kappa shape index (κ3) is 2.74. The van der Waals surface area contributed by atoms with Gasteiger partial charge in [0.2, 0.25) is 0 Å². The second-order valence-electron chi connectivity index (χ2n) is 3.53. The Kier molecular flexibility index (Phi) is 3.64. The Balaban J connectivity index is 2.24. The minimum Gasteiger partial charge on any atom is -0.465 e. The van der Waals surface area contributed by atoms with E-state index >= 15 is 0 Å². The molecule has 0 unspecified atom stereocenters. The Bertz CT molecular complexity index is 696. The Morgan fingerprint density at radius 1 is 1.50 bits per heavy atom. The zero-order valence-electron chi connectivity index (χ0n) is 10.3. The summed E-state index contributed by atoms with van der Waals surface area (Å²) in [7, 11) is 0. The summed E-state index contributed by atoms with van der Waals surface area (Å²) in [6, 6.07) is 2.33. The Morgan fingerprint density at radius 2 is 2.25 bits per heavy atom. The summed E-state index contributed by atoms with van der Waals surface area (Å²) >= 11 is 0. The monoisotopic (exact) mass is 283 g/mol. The molecule has 0 aromatic carbocycles. The molecule has 0 aliphatic rings. The second kappa shape index (κ2) is 5.38. The topological polar surface area (TPSA) is 131 Å². The molecule has 0 saturated carbocycles. The molecule has 0 radical (unpaired) electrons. The number of ether oxygens (including phenoxy) is 1. The van der Waals surface area contributed by atoms with Gasteiger partial charge in [-0.15, -0.1) is 5.10 Å². The molecule has 0 N–H and O–H groups in total. The lowest BCUT2D eigenvalue weighted by molar-refractivity contribution is -0.401. The maximum absolute atomic E-state index is 11.4. The molecule has 2 rings (SSSR count). The minimum atomic E-state index is -0.896. The van der Waals surface area contributed by atoms with Crippen molar-refractivity contribution in [1.82, 2.24) is 9.78 Å². The van der Waals surface area contributed by atoms with Crippen LogP contribution in [0.5, 0.6) is 0 Å². The van der Waals surface area contributed by atoms with Crippen molar-refractivity contribution in [2.24, 2.45) is 0 Å². The Labute approximate surface area is 110 Å². The SMILES string of the molecule is CCOC(=O)Cn1nc(-c2ccc([N+](=O)[O-])o2)oc1=O. The van der Waals surface area contributed by atoms with Crippen LogP contribution in [0.2, 0.25) is 0 Å². The lowest BCUT2D eigenvalue weighted by Gasteiger charge is -1.98. The van der Waals surface area contributed by atoms with E-state index in [1.165, 1.54) is 6.07 Å². The van der Waals surface area contributed by atoms with Crippen LogP contribution in [-0.2, 0) is 16.1 Å². The average Bonchev–Trinajstić information content (AvgIpc) is 2.97. The fraction of sp³-hybridized carbons (Fsp3) is 0.300. The number of hydrogen-bond donors (Lipinski definition) is 0. The van der Waals surface area contributed by atoms with E-state index in [9.17, 15) is 19.7 Å². The minimum absolute atomic E-state index is 0.0867. The molecule has 0 fully saturated rings. The van der Waals surface area contributed by atoms with Crippen molar-refractivity contribution in [3.05, 3.63) is 32.8 Å². The largest absolute Gasteiger partial charge is 0.465 e. The number of esters is 1. The Hall–Kier alpha value is -2.91. The van der Waals surface area contributed by atoms with Crippen LogP contribution in [0.4, 0.5) is 5.88 Å². The van der Waals surface area contributed by atoms with Crippen LogP contribution in [0.25, 0.3) is 11.7 Å². The van der Waals surface area contributed by atoms with E-state index in [1.54, 1.807) is 6.92 Å². The number of carbonyl (C=O) groups is 1. The number of hydrogen-bond acceptors (Lipinski definition) is 8. The molecular formula is C10H9N3O7. The first-order chi connectivity index (χ1) is 9.51. The van der Waals surface area contributed by atoms with Crippen molar-refractivity contribution >= 4 is 11.9 Å². The zero-order valence-corrected chi connectivity index (χ0v) is 10.3. The summed E-state index contributed by atoms with van der Waals surface area (Å²) in [5.74, 6) is -2.40. The van der Waals surface area contributed by atoms with Crippen LogP contribution in [0.15, 0.2) is 25.8 Å². The van der Waals surface area contributed by atoms with Gasteiger partial charge in [0.1, 0.15) is 11.5 Å². The Morgan fingerprint density at radius 3 is 2.85 bits per heavy atom. The van der Waals surface area contributed by atoms with Gasteiger partial charge in [-0.1, -0.05) is 0 Å².